The number of hydrogen-bond donors (Lipinski definition) is 1. The molecule has 0 aromatic carbocycles. The van der Waals surface area contributed by atoms with E-state index in [0.29, 0.717) is 17.9 Å². The van der Waals surface area contributed by atoms with Crippen LogP contribution in [0.4, 0.5) is 0 Å². The van der Waals surface area contributed by atoms with Crippen molar-refractivity contribution in [3.8, 4) is 0 Å². The Morgan fingerprint density at radius 2 is 2.00 bits per heavy atom. The second kappa shape index (κ2) is 2.98. The summed E-state index contributed by atoms with van der Waals surface area (Å²) in [6.45, 7) is 4.29. The van der Waals surface area contributed by atoms with Gasteiger partial charge >= 0.3 is 0 Å². The number of hydrogen-bond acceptors (Lipinski definition) is 2. The molecule has 0 aromatic heterocycles. The third-order valence-electron chi connectivity index (χ3n) is 3.43. The molecule has 0 spiro atoms. The Morgan fingerprint density at radius 3 is 2.46 bits per heavy atom. The van der Waals surface area contributed by atoms with Gasteiger partial charge in [-0.2, -0.15) is 0 Å². The average Bonchev–Trinajstić information content (AvgIpc) is 2.60. The van der Waals surface area contributed by atoms with Crippen molar-refractivity contribution in [2.24, 2.45) is 23.5 Å². The SMILES string of the molecule is CC(C)C1C2CCC(O2)C1C(N)=O. The van der Waals surface area contributed by atoms with Crippen LogP contribution in [0.1, 0.15) is 26.7 Å². The van der Waals surface area contributed by atoms with Crippen molar-refractivity contribution >= 4 is 5.91 Å². The second-order valence-electron chi connectivity index (χ2n) is 4.54. The third-order valence-corrected chi connectivity index (χ3v) is 3.43. The van der Waals surface area contributed by atoms with E-state index in [0.717, 1.165) is 12.8 Å². The van der Waals surface area contributed by atoms with Gasteiger partial charge in [-0.05, 0) is 18.8 Å². The minimum Gasteiger partial charge on any atom is -0.374 e. The van der Waals surface area contributed by atoms with Crippen LogP contribution >= 0.6 is 0 Å². The van der Waals surface area contributed by atoms with Crippen molar-refractivity contribution in [2.45, 2.75) is 38.9 Å². The molecular formula is C10H17NO2. The maximum absolute atomic E-state index is 11.2. The van der Waals surface area contributed by atoms with E-state index in [9.17, 15) is 4.79 Å². The molecule has 2 rings (SSSR count). The Bertz CT molecular complexity index is 227. The molecule has 4 unspecified atom stereocenters. The van der Waals surface area contributed by atoms with Crippen molar-refractivity contribution in [3.63, 3.8) is 0 Å². The first-order chi connectivity index (χ1) is 6.11. The van der Waals surface area contributed by atoms with Crippen molar-refractivity contribution < 1.29 is 9.53 Å². The summed E-state index contributed by atoms with van der Waals surface area (Å²) in [5.74, 6) is 0.647. The smallest absolute Gasteiger partial charge is 0.223 e. The minimum absolute atomic E-state index is 0.0289. The third kappa shape index (κ3) is 1.26. The molecule has 0 aliphatic carbocycles. The highest BCUT2D eigenvalue weighted by atomic mass is 16.5. The lowest BCUT2D eigenvalue weighted by atomic mass is 9.73. The fraction of sp³-hybridized carbons (Fsp3) is 0.900. The summed E-state index contributed by atoms with van der Waals surface area (Å²) in [7, 11) is 0. The molecule has 2 heterocycles. The number of nitrogens with two attached hydrogens (primary N) is 1. The van der Waals surface area contributed by atoms with Gasteiger partial charge in [-0.15, -0.1) is 0 Å². The Balaban J connectivity index is 2.20. The van der Waals surface area contributed by atoms with Crippen LogP contribution in [0.15, 0.2) is 0 Å². The highest BCUT2D eigenvalue weighted by molar-refractivity contribution is 5.78. The van der Waals surface area contributed by atoms with E-state index in [1.165, 1.54) is 0 Å². The number of fused-ring (bicyclic) bond motifs is 2. The Hall–Kier alpha value is -0.570. The van der Waals surface area contributed by atoms with Crippen LogP contribution in [0.25, 0.3) is 0 Å². The summed E-state index contributed by atoms with van der Waals surface area (Å²) >= 11 is 0. The number of primary amides is 1. The van der Waals surface area contributed by atoms with Gasteiger partial charge in [-0.1, -0.05) is 13.8 Å². The lowest BCUT2D eigenvalue weighted by molar-refractivity contribution is -0.124. The van der Waals surface area contributed by atoms with Crippen LogP contribution in [0.5, 0.6) is 0 Å². The molecule has 3 heteroatoms. The molecule has 2 saturated heterocycles. The van der Waals surface area contributed by atoms with E-state index < -0.39 is 0 Å². The van der Waals surface area contributed by atoms with E-state index in [1.807, 2.05) is 0 Å². The number of carbonyl (C=O) groups is 1. The molecule has 13 heavy (non-hydrogen) atoms. The van der Waals surface area contributed by atoms with E-state index in [1.54, 1.807) is 0 Å². The number of amides is 1. The van der Waals surface area contributed by atoms with Crippen molar-refractivity contribution in [3.05, 3.63) is 0 Å². The molecule has 2 aliphatic rings. The predicted molar refractivity (Wildman–Crippen MR) is 48.9 cm³/mol. The molecule has 2 fully saturated rings. The normalized spacial score (nSPS) is 43.0. The Morgan fingerprint density at radius 1 is 1.38 bits per heavy atom. The van der Waals surface area contributed by atoms with Crippen LogP contribution in [-0.2, 0) is 9.53 Å². The number of rotatable bonds is 2. The molecule has 74 valence electrons. The maximum atomic E-state index is 11.2. The fourth-order valence-corrected chi connectivity index (χ4v) is 2.93. The first-order valence-electron chi connectivity index (χ1n) is 5.06. The molecule has 1 amide bonds. The molecule has 3 nitrogen and oxygen atoms in total. The lowest BCUT2D eigenvalue weighted by Gasteiger charge is -2.28. The van der Waals surface area contributed by atoms with E-state index >= 15 is 0 Å². The summed E-state index contributed by atoms with van der Waals surface area (Å²) in [4.78, 5) is 11.2. The minimum atomic E-state index is -0.175. The lowest BCUT2D eigenvalue weighted by Crippen LogP contribution is -2.39. The zero-order valence-corrected chi connectivity index (χ0v) is 8.19. The quantitative estimate of drug-likeness (QED) is 0.692. The predicted octanol–water partition coefficient (Wildman–Crippen LogP) is 0.921. The zero-order valence-electron chi connectivity index (χ0n) is 8.19. The van der Waals surface area contributed by atoms with Gasteiger partial charge in [0.2, 0.25) is 5.91 Å². The van der Waals surface area contributed by atoms with Crippen molar-refractivity contribution in [1.82, 2.24) is 0 Å². The van der Waals surface area contributed by atoms with Gasteiger partial charge in [0.1, 0.15) is 0 Å². The van der Waals surface area contributed by atoms with Crippen LogP contribution in [0.2, 0.25) is 0 Å². The second-order valence-corrected chi connectivity index (χ2v) is 4.54. The molecule has 0 radical (unpaired) electrons. The zero-order chi connectivity index (χ0) is 9.59. The molecule has 2 N–H and O–H groups in total. The highest BCUT2D eigenvalue weighted by Gasteiger charge is 2.52. The maximum Gasteiger partial charge on any atom is 0.223 e. The summed E-state index contributed by atoms with van der Waals surface area (Å²) in [6, 6.07) is 0. The monoisotopic (exact) mass is 183 g/mol. The van der Waals surface area contributed by atoms with Gasteiger partial charge in [0.15, 0.2) is 0 Å². The summed E-state index contributed by atoms with van der Waals surface area (Å²) in [6.07, 6.45) is 2.54. The average molecular weight is 183 g/mol. The van der Waals surface area contributed by atoms with Gasteiger partial charge in [-0.25, -0.2) is 0 Å². The topological polar surface area (TPSA) is 52.3 Å². The Labute approximate surface area is 78.6 Å². The van der Waals surface area contributed by atoms with Gasteiger partial charge in [0.25, 0.3) is 0 Å². The van der Waals surface area contributed by atoms with Crippen LogP contribution in [-0.4, -0.2) is 18.1 Å². The van der Waals surface area contributed by atoms with Crippen LogP contribution < -0.4 is 5.73 Å². The molecule has 4 atom stereocenters. The van der Waals surface area contributed by atoms with Crippen LogP contribution in [0.3, 0.4) is 0 Å². The first-order valence-corrected chi connectivity index (χ1v) is 5.06. The summed E-state index contributed by atoms with van der Waals surface area (Å²) in [5, 5.41) is 0. The van der Waals surface area contributed by atoms with Gasteiger partial charge in [-0.3, -0.25) is 4.79 Å². The van der Waals surface area contributed by atoms with Crippen molar-refractivity contribution in [2.75, 3.05) is 0 Å². The largest absolute Gasteiger partial charge is 0.374 e. The highest BCUT2D eigenvalue weighted by Crippen LogP contribution is 2.46. The standard InChI is InChI=1S/C10H17NO2/c1-5(2)8-6-3-4-7(13-6)9(8)10(11)12/h5-9H,3-4H2,1-2H3,(H2,11,12). The van der Waals surface area contributed by atoms with Crippen LogP contribution in [0, 0.1) is 17.8 Å². The fourth-order valence-electron chi connectivity index (χ4n) is 2.93. The van der Waals surface area contributed by atoms with Gasteiger partial charge in [0.05, 0.1) is 18.1 Å². The first kappa shape index (κ1) is 9.00. The number of carbonyl (C=O) groups excluding carboxylic acids is 1. The van der Waals surface area contributed by atoms with Crippen molar-refractivity contribution in [1.29, 1.82) is 0 Å². The van der Waals surface area contributed by atoms with E-state index in [4.69, 9.17) is 10.5 Å². The molecule has 0 aromatic rings. The number of ether oxygens (including phenoxy) is 1. The Kier molecular flexibility index (Phi) is 2.06. The molecule has 2 aliphatic heterocycles. The summed E-state index contributed by atoms with van der Waals surface area (Å²) in [5.41, 5.74) is 5.39. The summed E-state index contributed by atoms with van der Waals surface area (Å²) < 4.78 is 5.72. The van der Waals surface area contributed by atoms with Gasteiger partial charge < -0.3 is 10.5 Å². The van der Waals surface area contributed by atoms with E-state index in [-0.39, 0.29) is 17.9 Å². The molecular weight excluding hydrogens is 166 g/mol. The van der Waals surface area contributed by atoms with E-state index in [2.05, 4.69) is 13.8 Å². The molecule has 0 saturated carbocycles. The molecule has 2 bridgehead atoms. The van der Waals surface area contributed by atoms with Gasteiger partial charge in [0, 0.05) is 5.92 Å².